The molecule has 0 spiro atoms. The standard InChI is InChI=1S/C18H23N5O5S.H3N/c1-23-8-9-29-18(23)22-21-14-5-3-12(10-11(14)2-7-16(25)26)20-15(24)6-4-13(19)17(27)28;/h3,5,8-10,13,18H,2,4,6-7,19H2,1H3,(H,20,24)(H,25,26)(H,27,28);1H3. The van der Waals surface area contributed by atoms with Crippen molar-refractivity contribution in [2.24, 2.45) is 16.0 Å². The van der Waals surface area contributed by atoms with Crippen LogP contribution in [-0.4, -0.2) is 51.5 Å². The van der Waals surface area contributed by atoms with Gasteiger partial charge < -0.3 is 32.3 Å². The summed E-state index contributed by atoms with van der Waals surface area (Å²) in [7, 11) is 1.88. The van der Waals surface area contributed by atoms with Crippen LogP contribution in [0.25, 0.3) is 0 Å². The summed E-state index contributed by atoms with van der Waals surface area (Å²) in [5, 5.41) is 30.8. The van der Waals surface area contributed by atoms with E-state index in [-0.39, 0.29) is 43.2 Å². The summed E-state index contributed by atoms with van der Waals surface area (Å²) >= 11 is 1.50. The van der Waals surface area contributed by atoms with E-state index in [0.717, 1.165) is 0 Å². The Bertz CT molecular complexity index is 831. The number of amides is 1. The number of carbonyl (C=O) groups excluding carboxylic acids is 1. The van der Waals surface area contributed by atoms with E-state index in [1.165, 1.54) is 11.8 Å². The predicted octanol–water partition coefficient (Wildman–Crippen LogP) is 2.51. The number of hydrogen-bond acceptors (Lipinski definition) is 9. The Kier molecular flexibility index (Phi) is 9.95. The summed E-state index contributed by atoms with van der Waals surface area (Å²) in [4.78, 5) is 35.6. The molecule has 0 saturated heterocycles. The van der Waals surface area contributed by atoms with Gasteiger partial charge in [-0.1, -0.05) is 11.8 Å². The van der Waals surface area contributed by atoms with Crippen LogP contribution in [0.2, 0.25) is 0 Å². The molecule has 1 heterocycles. The minimum Gasteiger partial charge on any atom is -0.481 e. The largest absolute Gasteiger partial charge is 0.481 e. The first-order valence-corrected chi connectivity index (χ1v) is 9.78. The fourth-order valence-electron chi connectivity index (χ4n) is 2.43. The zero-order chi connectivity index (χ0) is 21.4. The number of carbonyl (C=O) groups is 3. The number of azo groups is 1. The van der Waals surface area contributed by atoms with E-state index in [1.54, 1.807) is 18.2 Å². The Morgan fingerprint density at radius 2 is 2.03 bits per heavy atom. The maximum Gasteiger partial charge on any atom is 0.320 e. The van der Waals surface area contributed by atoms with Gasteiger partial charge in [0.2, 0.25) is 5.91 Å². The van der Waals surface area contributed by atoms with Crippen molar-refractivity contribution in [2.45, 2.75) is 37.2 Å². The topological polar surface area (TPSA) is 193 Å². The van der Waals surface area contributed by atoms with Crippen molar-refractivity contribution in [2.75, 3.05) is 12.4 Å². The molecule has 2 unspecified atom stereocenters. The lowest BCUT2D eigenvalue weighted by molar-refractivity contribution is -0.139. The lowest BCUT2D eigenvalue weighted by atomic mass is 10.1. The third-order valence-electron chi connectivity index (χ3n) is 4.08. The Morgan fingerprint density at radius 3 is 2.63 bits per heavy atom. The van der Waals surface area contributed by atoms with Gasteiger partial charge >= 0.3 is 11.9 Å². The van der Waals surface area contributed by atoms with Crippen LogP contribution in [0.15, 0.2) is 40.0 Å². The number of hydrogen-bond donors (Lipinski definition) is 5. The lowest BCUT2D eigenvalue weighted by Gasteiger charge is -2.14. The number of carboxylic acid groups (broad SMARTS) is 2. The molecule has 0 aromatic heterocycles. The molecular weight excluding hydrogens is 412 g/mol. The van der Waals surface area contributed by atoms with E-state index in [4.69, 9.17) is 15.9 Å². The molecule has 1 amide bonds. The van der Waals surface area contributed by atoms with Gasteiger partial charge in [0.1, 0.15) is 6.04 Å². The van der Waals surface area contributed by atoms with Gasteiger partial charge in [0.25, 0.3) is 0 Å². The first-order chi connectivity index (χ1) is 13.8. The molecule has 1 aromatic carbocycles. The summed E-state index contributed by atoms with van der Waals surface area (Å²) in [5.41, 5.74) is 6.84. The van der Waals surface area contributed by atoms with Crippen LogP contribution in [0.5, 0.6) is 0 Å². The minimum absolute atomic E-state index is 0. The second-order valence-electron chi connectivity index (χ2n) is 6.40. The van der Waals surface area contributed by atoms with Gasteiger partial charge in [-0.2, -0.15) is 10.2 Å². The van der Waals surface area contributed by atoms with Crippen LogP contribution in [0.1, 0.15) is 24.8 Å². The molecule has 0 bridgehead atoms. The van der Waals surface area contributed by atoms with E-state index < -0.39 is 18.0 Å². The van der Waals surface area contributed by atoms with E-state index in [9.17, 15) is 14.4 Å². The third kappa shape index (κ3) is 7.81. The van der Waals surface area contributed by atoms with Gasteiger partial charge in [0.15, 0.2) is 5.50 Å². The van der Waals surface area contributed by atoms with Crippen molar-refractivity contribution in [3.8, 4) is 0 Å². The number of nitrogens with one attached hydrogen (secondary N) is 1. The average molecular weight is 439 g/mol. The highest BCUT2D eigenvalue weighted by Gasteiger charge is 2.16. The van der Waals surface area contributed by atoms with Crippen LogP contribution in [-0.2, 0) is 20.8 Å². The van der Waals surface area contributed by atoms with Crippen molar-refractivity contribution >= 4 is 41.0 Å². The number of thioether (sulfide) groups is 1. The molecule has 0 radical (unpaired) electrons. The molecule has 1 aliphatic rings. The molecule has 0 fully saturated rings. The van der Waals surface area contributed by atoms with Crippen molar-refractivity contribution < 1.29 is 24.6 Å². The zero-order valence-corrected chi connectivity index (χ0v) is 17.3. The van der Waals surface area contributed by atoms with Gasteiger partial charge in [0, 0.05) is 31.8 Å². The molecule has 0 aliphatic carbocycles. The monoisotopic (exact) mass is 438 g/mol. The molecule has 164 valence electrons. The number of aliphatic carboxylic acids is 2. The van der Waals surface area contributed by atoms with E-state index >= 15 is 0 Å². The Balaban J connectivity index is 0.00000450. The van der Waals surface area contributed by atoms with Gasteiger partial charge in [0.05, 0.1) is 5.69 Å². The van der Waals surface area contributed by atoms with Crippen molar-refractivity contribution in [3.05, 3.63) is 35.4 Å². The maximum atomic E-state index is 12.0. The predicted molar refractivity (Wildman–Crippen MR) is 114 cm³/mol. The fourth-order valence-corrected chi connectivity index (χ4v) is 3.19. The van der Waals surface area contributed by atoms with Crippen molar-refractivity contribution in [1.82, 2.24) is 11.1 Å². The second-order valence-corrected chi connectivity index (χ2v) is 7.36. The third-order valence-corrected chi connectivity index (χ3v) is 5.03. The molecule has 30 heavy (non-hydrogen) atoms. The highest BCUT2D eigenvalue weighted by molar-refractivity contribution is 8.02. The zero-order valence-electron chi connectivity index (χ0n) is 16.5. The number of anilines is 1. The summed E-state index contributed by atoms with van der Waals surface area (Å²) in [5.74, 6) is -2.49. The van der Waals surface area contributed by atoms with Gasteiger partial charge in [-0.25, -0.2) is 0 Å². The average Bonchev–Trinajstić information content (AvgIpc) is 3.08. The number of rotatable bonds is 10. The molecule has 11 nitrogen and oxygen atoms in total. The Labute approximate surface area is 178 Å². The minimum atomic E-state index is -1.16. The lowest BCUT2D eigenvalue weighted by Crippen LogP contribution is -2.31. The quantitative estimate of drug-likeness (QED) is 0.341. The number of benzene rings is 1. The summed E-state index contributed by atoms with van der Waals surface area (Å²) < 4.78 is 0. The second kappa shape index (κ2) is 11.9. The highest BCUT2D eigenvalue weighted by Crippen LogP contribution is 2.29. The Morgan fingerprint density at radius 1 is 1.30 bits per heavy atom. The maximum absolute atomic E-state index is 12.0. The van der Waals surface area contributed by atoms with Gasteiger partial charge in [-0.3, -0.25) is 14.4 Å². The van der Waals surface area contributed by atoms with Gasteiger partial charge in [-0.05, 0) is 42.0 Å². The normalized spacial score (nSPS) is 16.3. The van der Waals surface area contributed by atoms with Crippen LogP contribution in [0.4, 0.5) is 11.4 Å². The smallest absolute Gasteiger partial charge is 0.320 e. The molecule has 1 aliphatic heterocycles. The summed E-state index contributed by atoms with van der Waals surface area (Å²) in [6, 6.07) is 3.84. The SMILES string of the molecule is CN1C=CSC1N=Nc1ccc(NC(=O)CCC(N)C(=O)O)cc1CCC(=O)O.N. The molecule has 2 rings (SSSR count). The molecule has 1 aromatic rings. The van der Waals surface area contributed by atoms with Crippen LogP contribution in [0, 0.1) is 0 Å². The van der Waals surface area contributed by atoms with E-state index in [2.05, 4.69) is 15.5 Å². The molecule has 8 N–H and O–H groups in total. The number of nitrogens with zero attached hydrogens (tertiary/aromatic N) is 3. The summed E-state index contributed by atoms with van der Waals surface area (Å²) in [6.45, 7) is 0. The van der Waals surface area contributed by atoms with E-state index in [0.29, 0.717) is 16.9 Å². The van der Waals surface area contributed by atoms with Gasteiger partial charge in [-0.15, -0.1) is 0 Å². The van der Waals surface area contributed by atoms with Crippen molar-refractivity contribution in [1.29, 1.82) is 0 Å². The van der Waals surface area contributed by atoms with E-state index in [1.807, 2.05) is 23.6 Å². The first kappa shape index (κ1) is 25.1. The Hall–Kier alpha value is -2.96. The number of nitrogens with two attached hydrogens (primary N) is 1. The number of carboxylic acids is 2. The summed E-state index contributed by atoms with van der Waals surface area (Å²) in [6.07, 6.45) is 1.99. The molecular formula is C18H26N6O5S. The van der Waals surface area contributed by atoms with Crippen LogP contribution < -0.4 is 17.2 Å². The van der Waals surface area contributed by atoms with Crippen LogP contribution in [0.3, 0.4) is 0 Å². The molecule has 2 atom stereocenters. The van der Waals surface area contributed by atoms with Crippen LogP contribution >= 0.6 is 11.8 Å². The first-order valence-electron chi connectivity index (χ1n) is 8.84. The molecule has 0 saturated carbocycles. The highest BCUT2D eigenvalue weighted by atomic mass is 32.2. The molecule has 12 heteroatoms. The van der Waals surface area contributed by atoms with Crippen molar-refractivity contribution in [3.63, 3.8) is 0 Å². The fraction of sp³-hybridized carbons (Fsp3) is 0.389. The number of aryl methyl sites for hydroxylation is 1.